The summed E-state index contributed by atoms with van der Waals surface area (Å²) in [4.78, 5) is 25.6. The Morgan fingerprint density at radius 3 is 2.67 bits per heavy atom. The van der Waals surface area contributed by atoms with Crippen molar-refractivity contribution in [3.8, 4) is 0 Å². The van der Waals surface area contributed by atoms with Crippen LogP contribution >= 0.6 is 0 Å². The van der Waals surface area contributed by atoms with Crippen molar-refractivity contribution in [3.63, 3.8) is 0 Å². The predicted molar refractivity (Wildman–Crippen MR) is 95.5 cm³/mol. The maximum atomic E-state index is 12.6. The van der Waals surface area contributed by atoms with E-state index in [2.05, 4.69) is 22.0 Å². The second-order valence-electron chi connectivity index (χ2n) is 6.71. The summed E-state index contributed by atoms with van der Waals surface area (Å²) in [5.74, 6) is 0.358. The van der Waals surface area contributed by atoms with E-state index in [1.807, 2.05) is 45.0 Å². The van der Waals surface area contributed by atoms with Gasteiger partial charge in [-0.25, -0.2) is 0 Å². The monoisotopic (exact) mass is 324 g/mol. The largest absolute Gasteiger partial charge is 0.378 e. The van der Waals surface area contributed by atoms with E-state index in [9.17, 15) is 4.79 Å². The van der Waals surface area contributed by atoms with Gasteiger partial charge in [-0.1, -0.05) is 0 Å². The number of hydrogen-bond acceptors (Lipinski definition) is 4. The Labute approximate surface area is 143 Å². The highest BCUT2D eigenvalue weighted by molar-refractivity contribution is 5.94. The van der Waals surface area contributed by atoms with Crippen LogP contribution in [0.2, 0.25) is 0 Å². The topological polar surface area (TPSA) is 49.3 Å². The molecule has 0 saturated carbocycles. The number of carbonyl (C=O) groups excluding carboxylic acids is 1. The maximum absolute atomic E-state index is 12.6. The minimum absolute atomic E-state index is 0.0606. The summed E-state index contributed by atoms with van der Waals surface area (Å²) in [6, 6.07) is 7.96. The van der Waals surface area contributed by atoms with Crippen LogP contribution < -0.4 is 4.90 Å². The number of likely N-dealkylation sites (tertiary alicyclic amines) is 1. The summed E-state index contributed by atoms with van der Waals surface area (Å²) in [5, 5.41) is 0. The van der Waals surface area contributed by atoms with Crippen LogP contribution in [0.5, 0.6) is 0 Å². The summed E-state index contributed by atoms with van der Waals surface area (Å²) in [6.07, 6.45) is 2.62. The standard InChI is InChI=1S/C19H24N4O/c1-13-5-6-15(11-20-13)19(24)23-8-7-16(12-23)18-10-17(22(3)4)9-14(2)21-18/h5-6,9-11,16H,7-8,12H2,1-4H3. The lowest BCUT2D eigenvalue weighted by Gasteiger charge is -2.18. The Morgan fingerprint density at radius 1 is 1.21 bits per heavy atom. The van der Waals surface area contributed by atoms with Crippen LogP contribution in [0.1, 0.15) is 39.8 Å². The number of amides is 1. The van der Waals surface area contributed by atoms with Crippen LogP contribution in [0, 0.1) is 13.8 Å². The second-order valence-corrected chi connectivity index (χ2v) is 6.71. The van der Waals surface area contributed by atoms with Crippen molar-refractivity contribution in [1.29, 1.82) is 0 Å². The third-order valence-electron chi connectivity index (χ3n) is 4.53. The molecule has 1 atom stereocenters. The molecule has 2 aromatic rings. The number of carbonyl (C=O) groups is 1. The number of rotatable bonds is 3. The summed E-state index contributed by atoms with van der Waals surface area (Å²) in [6.45, 7) is 5.43. The van der Waals surface area contributed by atoms with Crippen LogP contribution in [-0.4, -0.2) is 48.0 Å². The SMILES string of the molecule is Cc1ccc(C(=O)N2CCC(c3cc(N(C)C)cc(C)n3)C2)cn1. The van der Waals surface area contributed by atoms with Crippen LogP contribution in [-0.2, 0) is 0 Å². The van der Waals surface area contributed by atoms with Crippen molar-refractivity contribution in [2.45, 2.75) is 26.2 Å². The molecule has 5 nitrogen and oxygen atoms in total. The van der Waals surface area contributed by atoms with Crippen molar-refractivity contribution >= 4 is 11.6 Å². The third-order valence-corrected chi connectivity index (χ3v) is 4.53. The molecule has 1 saturated heterocycles. The van der Waals surface area contributed by atoms with E-state index in [-0.39, 0.29) is 5.91 Å². The smallest absolute Gasteiger partial charge is 0.255 e. The van der Waals surface area contributed by atoms with Gasteiger partial charge in [0.1, 0.15) is 0 Å². The molecule has 0 aliphatic carbocycles. The van der Waals surface area contributed by atoms with Gasteiger partial charge in [-0.2, -0.15) is 0 Å². The van der Waals surface area contributed by atoms with Gasteiger partial charge in [-0.05, 0) is 44.5 Å². The van der Waals surface area contributed by atoms with E-state index in [4.69, 9.17) is 4.98 Å². The van der Waals surface area contributed by atoms with Crippen LogP contribution in [0.4, 0.5) is 5.69 Å². The molecule has 1 amide bonds. The number of aryl methyl sites for hydroxylation is 2. The lowest BCUT2D eigenvalue weighted by atomic mass is 10.0. The van der Waals surface area contributed by atoms with Crippen LogP contribution in [0.3, 0.4) is 0 Å². The molecule has 1 fully saturated rings. The fourth-order valence-corrected chi connectivity index (χ4v) is 3.11. The second kappa shape index (κ2) is 6.59. The first-order valence-corrected chi connectivity index (χ1v) is 8.32. The third kappa shape index (κ3) is 3.40. The Balaban J connectivity index is 1.75. The van der Waals surface area contributed by atoms with Gasteiger partial charge in [0, 0.05) is 62.1 Å². The van der Waals surface area contributed by atoms with E-state index in [0.29, 0.717) is 11.5 Å². The van der Waals surface area contributed by atoms with Gasteiger partial charge < -0.3 is 9.80 Å². The lowest BCUT2D eigenvalue weighted by molar-refractivity contribution is 0.0790. The Bertz CT molecular complexity index is 740. The highest BCUT2D eigenvalue weighted by atomic mass is 16.2. The molecule has 0 N–H and O–H groups in total. The van der Waals surface area contributed by atoms with Crippen LogP contribution in [0.15, 0.2) is 30.5 Å². The highest BCUT2D eigenvalue weighted by Gasteiger charge is 2.29. The van der Waals surface area contributed by atoms with Gasteiger partial charge in [0.2, 0.25) is 0 Å². The van der Waals surface area contributed by atoms with Crippen molar-refractivity contribution in [2.24, 2.45) is 0 Å². The van der Waals surface area contributed by atoms with Gasteiger partial charge in [0.05, 0.1) is 5.56 Å². The molecule has 0 radical (unpaired) electrons. The zero-order valence-corrected chi connectivity index (χ0v) is 14.8. The first kappa shape index (κ1) is 16.4. The number of aromatic nitrogens is 2. The van der Waals surface area contributed by atoms with E-state index in [0.717, 1.165) is 42.3 Å². The van der Waals surface area contributed by atoms with Gasteiger partial charge in [-0.15, -0.1) is 0 Å². The van der Waals surface area contributed by atoms with Gasteiger partial charge in [0.25, 0.3) is 5.91 Å². The number of anilines is 1. The molecule has 0 spiro atoms. The minimum Gasteiger partial charge on any atom is -0.378 e. The summed E-state index contributed by atoms with van der Waals surface area (Å²) < 4.78 is 0. The lowest BCUT2D eigenvalue weighted by Crippen LogP contribution is -2.28. The minimum atomic E-state index is 0.0606. The molecular weight excluding hydrogens is 300 g/mol. The Kier molecular flexibility index (Phi) is 4.51. The number of pyridine rings is 2. The maximum Gasteiger partial charge on any atom is 0.255 e. The van der Waals surface area contributed by atoms with E-state index in [1.54, 1.807) is 6.20 Å². The highest BCUT2D eigenvalue weighted by Crippen LogP contribution is 2.29. The molecule has 5 heteroatoms. The van der Waals surface area contributed by atoms with E-state index in [1.165, 1.54) is 0 Å². The Hall–Kier alpha value is -2.43. The van der Waals surface area contributed by atoms with Gasteiger partial charge in [0.15, 0.2) is 0 Å². The normalized spacial score (nSPS) is 17.2. The van der Waals surface area contributed by atoms with E-state index >= 15 is 0 Å². The molecule has 0 aromatic carbocycles. The fraction of sp³-hybridized carbons (Fsp3) is 0.421. The zero-order valence-electron chi connectivity index (χ0n) is 14.8. The average Bonchev–Trinajstić information content (AvgIpc) is 3.04. The molecule has 1 aliphatic rings. The van der Waals surface area contributed by atoms with Gasteiger partial charge >= 0.3 is 0 Å². The molecule has 0 bridgehead atoms. The van der Waals surface area contributed by atoms with Gasteiger partial charge in [-0.3, -0.25) is 14.8 Å². The predicted octanol–water partition coefficient (Wildman–Crippen LogP) is 2.79. The molecule has 126 valence electrons. The summed E-state index contributed by atoms with van der Waals surface area (Å²) >= 11 is 0. The molecule has 1 aliphatic heterocycles. The average molecular weight is 324 g/mol. The van der Waals surface area contributed by atoms with E-state index < -0.39 is 0 Å². The molecule has 1 unspecified atom stereocenters. The number of nitrogens with zero attached hydrogens (tertiary/aromatic N) is 4. The molecule has 3 heterocycles. The fourth-order valence-electron chi connectivity index (χ4n) is 3.11. The number of hydrogen-bond donors (Lipinski definition) is 0. The molecule has 2 aromatic heterocycles. The first-order chi connectivity index (χ1) is 11.4. The molecule has 24 heavy (non-hydrogen) atoms. The zero-order chi connectivity index (χ0) is 17.3. The van der Waals surface area contributed by atoms with Crippen molar-refractivity contribution in [3.05, 3.63) is 53.1 Å². The summed E-state index contributed by atoms with van der Waals surface area (Å²) in [7, 11) is 4.07. The molecular formula is C19H24N4O. The summed E-state index contributed by atoms with van der Waals surface area (Å²) in [5.41, 5.74) is 4.84. The van der Waals surface area contributed by atoms with Crippen molar-refractivity contribution in [2.75, 3.05) is 32.1 Å². The van der Waals surface area contributed by atoms with Crippen molar-refractivity contribution < 1.29 is 4.79 Å². The Morgan fingerprint density at radius 2 is 2.00 bits per heavy atom. The quantitative estimate of drug-likeness (QED) is 0.871. The molecule has 3 rings (SSSR count). The van der Waals surface area contributed by atoms with Crippen LogP contribution in [0.25, 0.3) is 0 Å². The van der Waals surface area contributed by atoms with Crippen molar-refractivity contribution in [1.82, 2.24) is 14.9 Å². The first-order valence-electron chi connectivity index (χ1n) is 8.32.